The predicted molar refractivity (Wildman–Crippen MR) is 73.7 cm³/mol. The highest BCUT2D eigenvalue weighted by Crippen LogP contribution is 2.23. The summed E-state index contributed by atoms with van der Waals surface area (Å²) in [5.74, 6) is -0.450. The maximum atomic E-state index is 14.0. The van der Waals surface area contributed by atoms with Gasteiger partial charge in [0.25, 0.3) is 0 Å². The summed E-state index contributed by atoms with van der Waals surface area (Å²) in [6.07, 6.45) is 1.73. The molecule has 2 nitrogen and oxygen atoms in total. The number of nitrogens with zero attached hydrogens (tertiary/aromatic N) is 2. The molecule has 3 heteroatoms. The van der Waals surface area contributed by atoms with E-state index in [1.807, 2.05) is 61.5 Å². The van der Waals surface area contributed by atoms with Crippen molar-refractivity contribution >= 4 is 0 Å². The van der Waals surface area contributed by atoms with Gasteiger partial charge in [0.05, 0.1) is 11.3 Å². The maximum absolute atomic E-state index is 14.0. The molecule has 0 aliphatic heterocycles. The molecule has 0 saturated carbocycles. The summed E-state index contributed by atoms with van der Waals surface area (Å²) < 4.78 is 15.6. The smallest absolute Gasteiger partial charge is 0.237 e. The number of aryl methyl sites for hydroxylation is 1. The van der Waals surface area contributed by atoms with Crippen LogP contribution in [0.15, 0.2) is 60.8 Å². The highest BCUT2D eigenvalue weighted by molar-refractivity contribution is 5.63. The molecule has 1 aromatic heterocycles. The van der Waals surface area contributed by atoms with Crippen molar-refractivity contribution in [2.24, 2.45) is 0 Å². The molecule has 3 rings (SSSR count). The van der Waals surface area contributed by atoms with Gasteiger partial charge in [0.15, 0.2) is 0 Å². The molecule has 0 saturated heterocycles. The van der Waals surface area contributed by atoms with Gasteiger partial charge in [0, 0.05) is 6.20 Å². The third-order valence-electron chi connectivity index (χ3n) is 3.12. The van der Waals surface area contributed by atoms with E-state index in [0.29, 0.717) is 5.56 Å². The molecular formula is C16H13FN2. The monoisotopic (exact) mass is 252 g/mol. The first kappa shape index (κ1) is 11.7. The molecule has 1 heterocycles. The van der Waals surface area contributed by atoms with Gasteiger partial charge in [-0.15, -0.1) is 5.10 Å². The minimum Gasteiger partial charge on any atom is -0.237 e. The molecule has 0 aliphatic carbocycles. The van der Waals surface area contributed by atoms with E-state index in [9.17, 15) is 4.39 Å². The Labute approximate surface area is 111 Å². The number of hydrogen-bond donors (Lipinski definition) is 0. The van der Waals surface area contributed by atoms with E-state index in [4.69, 9.17) is 0 Å². The van der Waals surface area contributed by atoms with Crippen molar-refractivity contribution in [2.45, 2.75) is 6.92 Å². The first-order valence-electron chi connectivity index (χ1n) is 6.12. The lowest BCUT2D eigenvalue weighted by Gasteiger charge is -2.04. The lowest BCUT2D eigenvalue weighted by molar-refractivity contribution is 0.568. The van der Waals surface area contributed by atoms with Crippen molar-refractivity contribution in [3.8, 4) is 16.8 Å². The molecule has 0 fully saturated rings. The molecule has 3 aromatic rings. The number of hydrogen-bond acceptors (Lipinski definition) is 1. The van der Waals surface area contributed by atoms with E-state index >= 15 is 0 Å². The van der Waals surface area contributed by atoms with Crippen LogP contribution in [-0.2, 0) is 0 Å². The maximum Gasteiger partial charge on any atom is 0.240 e. The molecule has 0 atom stereocenters. The van der Waals surface area contributed by atoms with Gasteiger partial charge < -0.3 is 0 Å². The second-order valence-electron chi connectivity index (χ2n) is 4.43. The fourth-order valence-corrected chi connectivity index (χ4v) is 2.11. The summed E-state index contributed by atoms with van der Waals surface area (Å²) in [6, 6.07) is 17.2. The summed E-state index contributed by atoms with van der Waals surface area (Å²) in [5.41, 5.74) is 3.30. The van der Waals surface area contributed by atoms with Crippen molar-refractivity contribution in [1.29, 1.82) is 0 Å². The van der Waals surface area contributed by atoms with Crippen LogP contribution < -0.4 is 0 Å². The summed E-state index contributed by atoms with van der Waals surface area (Å²) in [5, 5.41) is 3.97. The summed E-state index contributed by atoms with van der Waals surface area (Å²) in [7, 11) is 0. The van der Waals surface area contributed by atoms with Gasteiger partial charge in [-0.1, -0.05) is 48.5 Å². The third-order valence-corrected chi connectivity index (χ3v) is 3.12. The van der Waals surface area contributed by atoms with Gasteiger partial charge in [-0.2, -0.15) is 4.39 Å². The predicted octanol–water partition coefficient (Wildman–Crippen LogP) is 3.99. The van der Waals surface area contributed by atoms with Crippen LogP contribution >= 0.6 is 0 Å². The van der Waals surface area contributed by atoms with Crippen LogP contribution in [-0.4, -0.2) is 9.78 Å². The molecule has 0 unspecified atom stereocenters. The Morgan fingerprint density at radius 1 is 0.947 bits per heavy atom. The van der Waals surface area contributed by atoms with Crippen LogP contribution in [0.5, 0.6) is 0 Å². The SMILES string of the molecule is Cc1ccccc1-n1cc(-c2ccccc2)c(F)n1. The Balaban J connectivity index is 2.10. The minimum absolute atomic E-state index is 0.450. The van der Waals surface area contributed by atoms with E-state index < -0.39 is 5.95 Å². The second-order valence-corrected chi connectivity index (χ2v) is 4.43. The zero-order chi connectivity index (χ0) is 13.2. The van der Waals surface area contributed by atoms with E-state index in [2.05, 4.69) is 5.10 Å². The number of para-hydroxylation sites is 1. The first-order chi connectivity index (χ1) is 9.25. The molecular weight excluding hydrogens is 239 g/mol. The van der Waals surface area contributed by atoms with Gasteiger partial charge in [-0.05, 0) is 24.1 Å². The number of aromatic nitrogens is 2. The average molecular weight is 252 g/mol. The van der Waals surface area contributed by atoms with Crippen LogP contribution in [0.1, 0.15) is 5.56 Å². The molecule has 2 aromatic carbocycles. The fraction of sp³-hybridized carbons (Fsp3) is 0.0625. The Hall–Kier alpha value is -2.42. The summed E-state index contributed by atoms with van der Waals surface area (Å²) in [6.45, 7) is 1.98. The first-order valence-corrected chi connectivity index (χ1v) is 6.12. The molecule has 0 radical (unpaired) electrons. The molecule has 0 bridgehead atoms. The van der Waals surface area contributed by atoms with Crippen LogP contribution in [0.4, 0.5) is 4.39 Å². The average Bonchev–Trinajstić information content (AvgIpc) is 2.82. The molecule has 0 N–H and O–H groups in total. The van der Waals surface area contributed by atoms with E-state index in [1.165, 1.54) is 0 Å². The number of benzene rings is 2. The van der Waals surface area contributed by atoms with E-state index in [1.54, 1.807) is 10.9 Å². The zero-order valence-corrected chi connectivity index (χ0v) is 10.5. The van der Waals surface area contributed by atoms with Crippen molar-refractivity contribution in [3.05, 3.63) is 72.3 Å². The lowest BCUT2D eigenvalue weighted by atomic mass is 10.1. The van der Waals surface area contributed by atoms with Gasteiger partial charge in [-0.25, -0.2) is 4.68 Å². The molecule has 0 spiro atoms. The molecule has 19 heavy (non-hydrogen) atoms. The van der Waals surface area contributed by atoms with Gasteiger partial charge >= 0.3 is 0 Å². The van der Waals surface area contributed by atoms with Crippen LogP contribution in [0, 0.1) is 12.9 Å². The van der Waals surface area contributed by atoms with Crippen molar-refractivity contribution in [2.75, 3.05) is 0 Å². The zero-order valence-electron chi connectivity index (χ0n) is 10.5. The van der Waals surface area contributed by atoms with Crippen molar-refractivity contribution < 1.29 is 4.39 Å². The van der Waals surface area contributed by atoms with Gasteiger partial charge in [-0.3, -0.25) is 0 Å². The van der Waals surface area contributed by atoms with Gasteiger partial charge in [0.1, 0.15) is 0 Å². The lowest BCUT2D eigenvalue weighted by Crippen LogP contribution is -1.97. The Bertz CT molecular complexity index is 702. The highest BCUT2D eigenvalue weighted by Gasteiger charge is 2.12. The quantitative estimate of drug-likeness (QED) is 0.674. The van der Waals surface area contributed by atoms with E-state index in [0.717, 1.165) is 16.8 Å². The number of rotatable bonds is 2. The largest absolute Gasteiger partial charge is 0.240 e. The fourth-order valence-electron chi connectivity index (χ4n) is 2.11. The van der Waals surface area contributed by atoms with Crippen LogP contribution in [0.3, 0.4) is 0 Å². The molecule has 94 valence electrons. The van der Waals surface area contributed by atoms with Gasteiger partial charge in [0.2, 0.25) is 5.95 Å². The standard InChI is InChI=1S/C16H13FN2/c1-12-7-5-6-10-15(12)19-11-14(16(17)18-19)13-8-3-2-4-9-13/h2-11H,1H3. The summed E-state index contributed by atoms with van der Waals surface area (Å²) in [4.78, 5) is 0. The third kappa shape index (κ3) is 2.15. The minimum atomic E-state index is -0.450. The van der Waals surface area contributed by atoms with E-state index in [-0.39, 0.29) is 0 Å². The van der Waals surface area contributed by atoms with Crippen molar-refractivity contribution in [3.63, 3.8) is 0 Å². The number of halogens is 1. The van der Waals surface area contributed by atoms with Crippen molar-refractivity contribution in [1.82, 2.24) is 9.78 Å². The Morgan fingerprint density at radius 3 is 2.37 bits per heavy atom. The Morgan fingerprint density at radius 2 is 1.63 bits per heavy atom. The topological polar surface area (TPSA) is 17.8 Å². The van der Waals surface area contributed by atoms with Crippen LogP contribution in [0.25, 0.3) is 16.8 Å². The summed E-state index contributed by atoms with van der Waals surface area (Å²) >= 11 is 0. The Kier molecular flexibility index (Phi) is 2.88. The molecule has 0 aliphatic rings. The second kappa shape index (κ2) is 4.69. The highest BCUT2D eigenvalue weighted by atomic mass is 19.1. The van der Waals surface area contributed by atoms with Crippen LogP contribution in [0.2, 0.25) is 0 Å². The molecule has 0 amide bonds. The normalized spacial score (nSPS) is 10.6.